The number of carboxylic acid groups (broad SMARTS) is 1. The maximum Gasteiger partial charge on any atom is 0.303 e. The largest absolute Gasteiger partial charge is 0.481 e. The zero-order valence-electron chi connectivity index (χ0n) is 4.06. The summed E-state index contributed by atoms with van der Waals surface area (Å²) in [6.07, 6.45) is 0.222. The van der Waals surface area contributed by atoms with Gasteiger partial charge in [0.15, 0.2) is 0 Å². The quantitative estimate of drug-likeness (QED) is 0.643. The third-order valence-corrected chi connectivity index (χ3v) is 0.302. The maximum atomic E-state index is 9.37. The van der Waals surface area contributed by atoms with Gasteiger partial charge in [-0.25, -0.2) is 0 Å². The van der Waals surface area contributed by atoms with Crippen molar-refractivity contribution in [2.75, 3.05) is 0 Å². The van der Waals surface area contributed by atoms with E-state index in [2.05, 4.69) is 0 Å². The van der Waals surface area contributed by atoms with Gasteiger partial charge < -0.3 is 5.11 Å². The zero-order chi connectivity index (χ0) is 4.28. The number of rotatable bonds is 1. The minimum absolute atomic E-state index is 0. The van der Waals surface area contributed by atoms with E-state index in [-0.39, 0.29) is 54.3 Å². The van der Waals surface area contributed by atoms with Gasteiger partial charge in [0, 0.05) is 54.3 Å². The molecule has 0 unspecified atom stereocenters. The molecule has 0 heterocycles. The number of hydrogen-bond acceptors (Lipinski definition) is 1. The van der Waals surface area contributed by atoms with Gasteiger partial charge >= 0.3 is 5.97 Å². The summed E-state index contributed by atoms with van der Waals surface area (Å²) in [5.74, 6) is -0.745. The van der Waals surface area contributed by atoms with Crippen LogP contribution in [0, 0.1) is 0 Å². The molecule has 0 bridgehead atoms. The molecule has 0 aromatic heterocycles. The molecule has 38 valence electrons. The summed E-state index contributed by atoms with van der Waals surface area (Å²) >= 11 is 0. The van der Waals surface area contributed by atoms with Gasteiger partial charge in [0.05, 0.1) is 0 Å². The van der Waals surface area contributed by atoms with E-state index in [4.69, 9.17) is 5.11 Å². The van der Waals surface area contributed by atoms with Gasteiger partial charge in [-0.3, -0.25) is 4.79 Å². The van der Waals surface area contributed by atoms with Crippen molar-refractivity contribution in [2.45, 2.75) is 13.3 Å². The normalized spacial score (nSPS) is 5.29. The fourth-order valence-corrected chi connectivity index (χ4v) is 0. The van der Waals surface area contributed by atoms with Crippen LogP contribution in [0.2, 0.25) is 0 Å². The third kappa shape index (κ3) is 19.3. The average molecular weight is 213 g/mol. The zero-order valence-corrected chi connectivity index (χ0v) is 8.08. The predicted molar refractivity (Wildman–Crippen MR) is 17.9 cm³/mol. The molecule has 0 aromatic rings. The van der Waals surface area contributed by atoms with Crippen molar-refractivity contribution in [3.63, 3.8) is 0 Å². The topological polar surface area (TPSA) is 37.3 Å². The summed E-state index contributed by atoms with van der Waals surface area (Å²) < 4.78 is 0. The van der Waals surface area contributed by atoms with E-state index in [1.165, 1.54) is 0 Å². The van der Waals surface area contributed by atoms with Gasteiger partial charge in [-0.2, -0.15) is 0 Å². The minimum atomic E-state index is -0.745. The maximum absolute atomic E-state index is 9.37. The Bertz CT molecular complexity index is 48.2. The van der Waals surface area contributed by atoms with Gasteiger partial charge in [-0.05, 0) is 0 Å². The van der Waals surface area contributed by atoms with E-state index >= 15 is 0 Å². The van der Waals surface area contributed by atoms with E-state index in [1.807, 2.05) is 0 Å². The van der Waals surface area contributed by atoms with E-state index < -0.39 is 5.97 Å². The molecule has 0 aliphatic carbocycles. The number of aliphatic carboxylic acids is 1. The van der Waals surface area contributed by atoms with E-state index in [0.717, 1.165) is 0 Å². The van der Waals surface area contributed by atoms with E-state index in [0.29, 0.717) is 0 Å². The van der Waals surface area contributed by atoms with Gasteiger partial charge in [-0.1, -0.05) is 6.92 Å². The molecule has 0 fully saturated rings. The molecule has 0 aliphatic heterocycles. The van der Waals surface area contributed by atoms with Crippen LogP contribution < -0.4 is 0 Å². The van der Waals surface area contributed by atoms with Gasteiger partial charge in [0.25, 0.3) is 0 Å². The van der Waals surface area contributed by atoms with Crippen LogP contribution in [0.25, 0.3) is 0 Å². The predicted octanol–water partition coefficient (Wildman–Crippen LogP) is 0.476. The molecule has 0 atom stereocenters. The van der Waals surface area contributed by atoms with Crippen LogP contribution >= 0.6 is 0 Å². The first-order valence-corrected chi connectivity index (χ1v) is 1.49. The molecular weight excluding hydrogens is 207 g/mol. The molecule has 0 rings (SSSR count). The van der Waals surface area contributed by atoms with Gasteiger partial charge in [0.2, 0.25) is 0 Å². The first-order valence-electron chi connectivity index (χ1n) is 1.49. The van der Waals surface area contributed by atoms with Gasteiger partial charge in [-0.15, -0.1) is 0 Å². The minimum Gasteiger partial charge on any atom is -0.481 e. The second kappa shape index (κ2) is 10.1. The Hall–Kier alpha value is 1.07. The SMILES string of the molecule is CCC(=O)O.[Ti].[Zr]. The Balaban J connectivity index is -0.0000000800. The Morgan fingerprint density at radius 2 is 1.86 bits per heavy atom. The average Bonchev–Trinajstić information content (AvgIpc) is 1.38. The summed E-state index contributed by atoms with van der Waals surface area (Å²) in [5.41, 5.74) is 0. The second-order valence-electron chi connectivity index (χ2n) is 0.747. The van der Waals surface area contributed by atoms with Crippen molar-refractivity contribution in [1.82, 2.24) is 0 Å². The molecule has 2 nitrogen and oxygen atoms in total. The van der Waals surface area contributed by atoms with Gasteiger partial charge in [0.1, 0.15) is 0 Å². The molecule has 0 radical (unpaired) electrons. The van der Waals surface area contributed by atoms with Crippen molar-refractivity contribution in [3.05, 3.63) is 0 Å². The Labute approximate surface area is 76.7 Å². The van der Waals surface area contributed by atoms with Crippen LogP contribution in [0.1, 0.15) is 13.3 Å². The van der Waals surface area contributed by atoms with Crippen LogP contribution in [0.3, 0.4) is 0 Å². The third-order valence-electron chi connectivity index (χ3n) is 0.302. The van der Waals surface area contributed by atoms with Crippen molar-refractivity contribution >= 4 is 5.97 Å². The van der Waals surface area contributed by atoms with Crippen molar-refractivity contribution in [2.24, 2.45) is 0 Å². The van der Waals surface area contributed by atoms with Crippen LogP contribution in [0.5, 0.6) is 0 Å². The molecule has 0 aromatic carbocycles. The Morgan fingerprint density at radius 3 is 1.86 bits per heavy atom. The summed E-state index contributed by atoms with van der Waals surface area (Å²) in [6, 6.07) is 0. The van der Waals surface area contributed by atoms with Crippen molar-refractivity contribution in [3.8, 4) is 0 Å². The summed E-state index contributed by atoms with van der Waals surface area (Å²) in [7, 11) is 0. The Morgan fingerprint density at radius 1 is 1.71 bits per heavy atom. The monoisotopic (exact) mass is 212 g/mol. The molecule has 1 N–H and O–H groups in total. The molecule has 0 aliphatic rings. The fraction of sp³-hybridized carbons (Fsp3) is 0.667. The number of carbonyl (C=O) groups is 1. The molecule has 0 spiro atoms. The molecule has 0 saturated heterocycles. The molecule has 0 saturated carbocycles. The molecule has 0 amide bonds. The Kier molecular flexibility index (Phi) is 22.7. The van der Waals surface area contributed by atoms with E-state index in [9.17, 15) is 4.79 Å². The standard InChI is InChI=1S/C3H6O2.Ti.Zr/c1-2-3(4)5;;/h2H2,1H3,(H,4,5);;. The smallest absolute Gasteiger partial charge is 0.303 e. The molecular formula is C3H6O2TiZr. The van der Waals surface area contributed by atoms with Crippen molar-refractivity contribution in [1.29, 1.82) is 0 Å². The van der Waals surface area contributed by atoms with E-state index in [1.54, 1.807) is 6.92 Å². The first kappa shape index (κ1) is 15.7. The fourth-order valence-electron chi connectivity index (χ4n) is 0. The number of hydrogen-bond donors (Lipinski definition) is 1. The van der Waals surface area contributed by atoms with Crippen LogP contribution in [-0.4, -0.2) is 11.1 Å². The second-order valence-corrected chi connectivity index (χ2v) is 0.747. The molecule has 7 heavy (non-hydrogen) atoms. The van der Waals surface area contributed by atoms with Crippen LogP contribution in [0.15, 0.2) is 0 Å². The summed E-state index contributed by atoms with van der Waals surface area (Å²) in [6.45, 7) is 1.60. The molecule has 4 heteroatoms. The number of carboxylic acids is 1. The summed E-state index contributed by atoms with van der Waals surface area (Å²) in [5, 5.41) is 7.72. The first-order chi connectivity index (χ1) is 2.27. The van der Waals surface area contributed by atoms with Crippen LogP contribution in [0.4, 0.5) is 0 Å². The van der Waals surface area contributed by atoms with Crippen LogP contribution in [-0.2, 0) is 52.7 Å². The van der Waals surface area contributed by atoms with Crippen molar-refractivity contribution < 1.29 is 57.8 Å². The summed E-state index contributed by atoms with van der Waals surface area (Å²) in [4.78, 5) is 9.37.